The van der Waals surface area contributed by atoms with Crippen LogP contribution in [0, 0.1) is 11.3 Å². The Hall–Kier alpha value is -2.91. The summed E-state index contributed by atoms with van der Waals surface area (Å²) in [6, 6.07) is 18.7. The first-order chi connectivity index (χ1) is 15.1. The second kappa shape index (κ2) is 9.49. The van der Waals surface area contributed by atoms with E-state index in [4.69, 9.17) is 4.74 Å². The highest BCUT2D eigenvalue weighted by molar-refractivity contribution is 8.03. The van der Waals surface area contributed by atoms with Crippen molar-refractivity contribution in [3.05, 3.63) is 70.3 Å². The molecule has 0 spiro atoms. The van der Waals surface area contributed by atoms with Gasteiger partial charge in [-0.1, -0.05) is 49.4 Å². The molecule has 2 aromatic carbocycles. The molecule has 2 aliphatic rings. The van der Waals surface area contributed by atoms with Crippen molar-refractivity contribution in [2.24, 2.45) is 0 Å². The number of anilines is 1. The molecule has 31 heavy (non-hydrogen) atoms. The minimum absolute atomic E-state index is 0.0617. The average molecular weight is 434 g/mol. The summed E-state index contributed by atoms with van der Waals surface area (Å²) in [4.78, 5) is 17.0. The number of aryl methyl sites for hydroxylation is 1. The number of hydrogen-bond acceptors (Lipinski definition) is 5. The zero-order valence-corrected chi connectivity index (χ0v) is 18.8. The van der Waals surface area contributed by atoms with Gasteiger partial charge in [-0.3, -0.25) is 9.69 Å². The van der Waals surface area contributed by atoms with Crippen molar-refractivity contribution in [3.63, 3.8) is 0 Å². The molecule has 0 unspecified atom stereocenters. The molecule has 5 nitrogen and oxygen atoms in total. The number of nitrogens with zero attached hydrogens (tertiary/aromatic N) is 3. The second-order valence-corrected chi connectivity index (χ2v) is 8.84. The lowest BCUT2D eigenvalue weighted by Gasteiger charge is -2.42. The number of ether oxygens (including phenoxy) is 1. The van der Waals surface area contributed by atoms with Gasteiger partial charge in [-0.05, 0) is 48.2 Å². The van der Waals surface area contributed by atoms with Crippen molar-refractivity contribution in [2.45, 2.75) is 38.5 Å². The number of fused-ring (bicyclic) bond motifs is 1. The van der Waals surface area contributed by atoms with Crippen LogP contribution in [0.2, 0.25) is 0 Å². The standard InChI is InChI=1S/C25H27N3O2S/c1-3-4-5-18-6-10-20(11-7-18)27-16-28-24(29)14-22(23(15-26)25(28)31-17-27)19-8-12-21(30-2)13-9-19/h6-13,22H,3-5,14,16-17H2,1-2H3/t22-/m1/s1. The SMILES string of the molecule is CCCCc1ccc(N2CSC3=C(C#N)[C@@H](c4ccc(OC)cc4)CC(=O)N3C2)cc1. The van der Waals surface area contributed by atoms with Crippen LogP contribution in [0.1, 0.15) is 43.2 Å². The van der Waals surface area contributed by atoms with Gasteiger partial charge in [-0.15, -0.1) is 0 Å². The van der Waals surface area contributed by atoms with Gasteiger partial charge in [0, 0.05) is 18.0 Å². The Labute approximate surface area is 188 Å². The molecule has 2 heterocycles. The maximum atomic E-state index is 13.1. The van der Waals surface area contributed by atoms with E-state index in [0.717, 1.165) is 28.5 Å². The van der Waals surface area contributed by atoms with E-state index in [1.165, 1.54) is 18.4 Å². The van der Waals surface area contributed by atoms with Gasteiger partial charge in [-0.25, -0.2) is 0 Å². The van der Waals surface area contributed by atoms with Gasteiger partial charge < -0.3 is 9.64 Å². The number of methoxy groups -OCH3 is 1. The molecule has 1 atom stereocenters. The fraction of sp³-hybridized carbons (Fsp3) is 0.360. The Morgan fingerprint density at radius 2 is 1.90 bits per heavy atom. The molecule has 1 amide bonds. The fourth-order valence-electron chi connectivity index (χ4n) is 4.10. The van der Waals surface area contributed by atoms with E-state index < -0.39 is 0 Å². The summed E-state index contributed by atoms with van der Waals surface area (Å²) in [6.07, 6.45) is 3.79. The topological polar surface area (TPSA) is 56.6 Å². The molecule has 0 aliphatic carbocycles. The van der Waals surface area contributed by atoms with E-state index >= 15 is 0 Å². The highest BCUT2D eigenvalue weighted by Gasteiger charge is 2.38. The average Bonchev–Trinajstić information content (AvgIpc) is 2.83. The first kappa shape index (κ1) is 21.3. The van der Waals surface area contributed by atoms with Crippen LogP contribution in [0.3, 0.4) is 0 Å². The van der Waals surface area contributed by atoms with Crippen molar-refractivity contribution in [3.8, 4) is 11.8 Å². The highest BCUT2D eigenvalue weighted by Crippen LogP contribution is 2.43. The monoisotopic (exact) mass is 433 g/mol. The van der Waals surface area contributed by atoms with Crippen molar-refractivity contribution >= 4 is 23.4 Å². The van der Waals surface area contributed by atoms with E-state index in [0.29, 0.717) is 24.5 Å². The van der Waals surface area contributed by atoms with Crippen molar-refractivity contribution in [1.29, 1.82) is 5.26 Å². The fourth-order valence-corrected chi connectivity index (χ4v) is 5.27. The van der Waals surface area contributed by atoms with Crippen LogP contribution < -0.4 is 9.64 Å². The van der Waals surface area contributed by atoms with E-state index in [9.17, 15) is 10.1 Å². The van der Waals surface area contributed by atoms with Crippen molar-refractivity contribution in [2.75, 3.05) is 24.6 Å². The molecule has 4 rings (SSSR count). The highest BCUT2D eigenvalue weighted by atomic mass is 32.2. The van der Waals surface area contributed by atoms with Gasteiger partial charge in [0.15, 0.2) is 0 Å². The number of carbonyl (C=O) groups excluding carboxylic acids is 1. The number of rotatable bonds is 6. The van der Waals surface area contributed by atoms with Crippen LogP contribution in [0.25, 0.3) is 0 Å². The van der Waals surface area contributed by atoms with Gasteiger partial charge in [0.2, 0.25) is 5.91 Å². The van der Waals surface area contributed by atoms with Crippen LogP contribution in [-0.4, -0.2) is 30.5 Å². The number of allylic oxidation sites excluding steroid dienone is 1. The third kappa shape index (κ3) is 4.42. The molecule has 0 saturated carbocycles. The summed E-state index contributed by atoms with van der Waals surface area (Å²) in [7, 11) is 1.63. The number of nitriles is 1. The van der Waals surface area contributed by atoms with Gasteiger partial charge in [-0.2, -0.15) is 5.26 Å². The van der Waals surface area contributed by atoms with Crippen LogP contribution in [-0.2, 0) is 11.2 Å². The first-order valence-electron chi connectivity index (χ1n) is 10.7. The van der Waals surface area contributed by atoms with E-state index in [1.807, 2.05) is 24.3 Å². The summed E-state index contributed by atoms with van der Waals surface area (Å²) >= 11 is 1.57. The molecular formula is C25H27N3O2S. The number of benzene rings is 2. The van der Waals surface area contributed by atoms with Crippen molar-refractivity contribution < 1.29 is 9.53 Å². The maximum absolute atomic E-state index is 13.1. The molecule has 2 aliphatic heterocycles. The lowest BCUT2D eigenvalue weighted by molar-refractivity contribution is -0.129. The lowest BCUT2D eigenvalue weighted by Crippen LogP contribution is -2.47. The Morgan fingerprint density at radius 3 is 2.55 bits per heavy atom. The summed E-state index contributed by atoms with van der Waals surface area (Å²) in [6.45, 7) is 2.69. The minimum atomic E-state index is -0.202. The van der Waals surface area contributed by atoms with E-state index in [1.54, 1.807) is 23.8 Å². The number of thioether (sulfide) groups is 1. The zero-order chi connectivity index (χ0) is 21.8. The van der Waals surface area contributed by atoms with Gasteiger partial charge >= 0.3 is 0 Å². The number of unbranched alkanes of at least 4 members (excludes halogenated alkanes) is 1. The third-order valence-electron chi connectivity index (χ3n) is 5.93. The van der Waals surface area contributed by atoms with Gasteiger partial charge in [0.1, 0.15) is 5.75 Å². The number of hydrogen-bond donors (Lipinski definition) is 0. The first-order valence-corrected chi connectivity index (χ1v) is 11.7. The summed E-state index contributed by atoms with van der Waals surface area (Å²) < 4.78 is 5.24. The van der Waals surface area contributed by atoms with E-state index in [2.05, 4.69) is 42.2 Å². The van der Waals surface area contributed by atoms with Crippen LogP contribution >= 0.6 is 11.8 Å². The largest absolute Gasteiger partial charge is 0.497 e. The van der Waals surface area contributed by atoms with Crippen LogP contribution in [0.4, 0.5) is 5.69 Å². The summed E-state index contributed by atoms with van der Waals surface area (Å²) in [5.74, 6) is 1.34. The Bertz CT molecular complexity index is 1010. The molecule has 160 valence electrons. The smallest absolute Gasteiger partial charge is 0.229 e. The predicted molar refractivity (Wildman–Crippen MR) is 125 cm³/mol. The number of carbonyl (C=O) groups is 1. The quantitative estimate of drug-likeness (QED) is 0.622. The molecule has 0 radical (unpaired) electrons. The van der Waals surface area contributed by atoms with E-state index in [-0.39, 0.29) is 11.8 Å². The van der Waals surface area contributed by atoms with Gasteiger partial charge in [0.25, 0.3) is 0 Å². The Morgan fingerprint density at radius 1 is 1.16 bits per heavy atom. The molecule has 2 aromatic rings. The molecule has 1 saturated heterocycles. The Kier molecular flexibility index (Phi) is 6.53. The third-order valence-corrected chi connectivity index (χ3v) is 7.09. The lowest BCUT2D eigenvalue weighted by atomic mass is 9.86. The van der Waals surface area contributed by atoms with Crippen LogP contribution in [0.15, 0.2) is 59.1 Å². The summed E-state index contributed by atoms with van der Waals surface area (Å²) in [5, 5.41) is 10.7. The molecular weight excluding hydrogens is 406 g/mol. The normalized spacial score (nSPS) is 18.6. The predicted octanol–water partition coefficient (Wildman–Crippen LogP) is 5.26. The number of amides is 1. The summed E-state index contributed by atoms with van der Waals surface area (Å²) in [5.41, 5.74) is 4.11. The molecule has 6 heteroatoms. The maximum Gasteiger partial charge on any atom is 0.229 e. The molecule has 1 fully saturated rings. The zero-order valence-electron chi connectivity index (χ0n) is 18.0. The van der Waals surface area contributed by atoms with Crippen LogP contribution in [0.5, 0.6) is 5.75 Å². The minimum Gasteiger partial charge on any atom is -0.497 e. The van der Waals surface area contributed by atoms with Gasteiger partial charge in [0.05, 0.1) is 36.3 Å². The molecule has 0 aromatic heterocycles. The van der Waals surface area contributed by atoms with Crippen molar-refractivity contribution in [1.82, 2.24) is 4.90 Å². The Balaban J connectivity index is 1.55. The molecule has 0 bridgehead atoms. The second-order valence-electron chi connectivity index (χ2n) is 7.91. The molecule has 0 N–H and O–H groups in total.